The summed E-state index contributed by atoms with van der Waals surface area (Å²) in [4.78, 5) is 23.0. The second kappa shape index (κ2) is 9.51. The highest BCUT2D eigenvalue weighted by Gasteiger charge is 2.28. The van der Waals surface area contributed by atoms with Gasteiger partial charge >= 0.3 is 0 Å². The third kappa shape index (κ3) is 4.31. The highest BCUT2D eigenvalue weighted by Crippen LogP contribution is 2.35. The fourth-order valence-corrected chi connectivity index (χ4v) is 4.49. The van der Waals surface area contributed by atoms with Crippen molar-refractivity contribution >= 4 is 22.7 Å². The van der Waals surface area contributed by atoms with Crippen molar-refractivity contribution in [1.29, 1.82) is 0 Å². The normalized spacial score (nSPS) is 16.0. The van der Waals surface area contributed by atoms with Crippen molar-refractivity contribution in [3.63, 3.8) is 0 Å². The molecule has 1 unspecified atom stereocenters. The van der Waals surface area contributed by atoms with Gasteiger partial charge in [0.2, 0.25) is 5.95 Å². The van der Waals surface area contributed by atoms with Crippen molar-refractivity contribution < 1.29 is 9.47 Å². The number of nitrogens with zero attached hydrogens (tertiary/aromatic N) is 6. The van der Waals surface area contributed by atoms with Crippen LogP contribution in [-0.2, 0) is 6.42 Å². The van der Waals surface area contributed by atoms with Gasteiger partial charge in [0.1, 0.15) is 12.1 Å². The van der Waals surface area contributed by atoms with E-state index in [1.54, 1.807) is 20.5 Å². The van der Waals surface area contributed by atoms with E-state index in [0.717, 1.165) is 54.3 Å². The molecule has 0 spiro atoms. The van der Waals surface area contributed by atoms with Crippen molar-refractivity contribution in [3.05, 3.63) is 72.3 Å². The van der Waals surface area contributed by atoms with Gasteiger partial charge < -0.3 is 19.3 Å². The Hall–Kier alpha value is -3.94. The minimum absolute atomic E-state index is 0.215. The standard InChI is InChI=1S/C26H28N6O2/c1-18-16-31(26-27-14-20(15-28-26)11-19-7-5-4-6-8-19)9-10-32(18)25-21-12-23(33-2)24(34-3)13-22(21)29-17-30-25/h4-8,12-15,17-18H,9-11,16H2,1-3H3. The van der Waals surface area contributed by atoms with Crippen LogP contribution in [0.15, 0.2) is 61.2 Å². The van der Waals surface area contributed by atoms with Crippen LogP contribution in [0.3, 0.4) is 0 Å². The zero-order valence-corrected chi connectivity index (χ0v) is 19.7. The Kier molecular flexibility index (Phi) is 6.12. The molecule has 4 aromatic rings. The molecule has 1 fully saturated rings. The van der Waals surface area contributed by atoms with Crippen LogP contribution in [0.1, 0.15) is 18.1 Å². The fourth-order valence-electron chi connectivity index (χ4n) is 4.49. The van der Waals surface area contributed by atoms with Gasteiger partial charge in [0.15, 0.2) is 11.5 Å². The van der Waals surface area contributed by atoms with E-state index in [1.165, 1.54) is 5.56 Å². The molecule has 0 radical (unpaired) electrons. The summed E-state index contributed by atoms with van der Waals surface area (Å²) in [7, 11) is 3.27. The third-order valence-electron chi connectivity index (χ3n) is 6.24. The van der Waals surface area contributed by atoms with Gasteiger partial charge in [-0.2, -0.15) is 0 Å². The van der Waals surface area contributed by atoms with Crippen LogP contribution in [0.4, 0.5) is 11.8 Å². The van der Waals surface area contributed by atoms with Crippen LogP contribution >= 0.6 is 0 Å². The molecular weight excluding hydrogens is 428 g/mol. The molecule has 0 amide bonds. The molecule has 174 valence electrons. The van der Waals surface area contributed by atoms with Gasteiger partial charge in [0.05, 0.1) is 19.7 Å². The van der Waals surface area contributed by atoms with E-state index in [-0.39, 0.29) is 6.04 Å². The number of hydrogen-bond acceptors (Lipinski definition) is 8. The van der Waals surface area contributed by atoms with Crippen molar-refractivity contribution in [3.8, 4) is 11.5 Å². The largest absolute Gasteiger partial charge is 0.493 e. The molecule has 8 nitrogen and oxygen atoms in total. The number of anilines is 2. The number of hydrogen-bond donors (Lipinski definition) is 0. The molecule has 1 atom stereocenters. The van der Waals surface area contributed by atoms with E-state index in [0.29, 0.717) is 11.5 Å². The Morgan fingerprint density at radius 1 is 0.882 bits per heavy atom. The van der Waals surface area contributed by atoms with E-state index >= 15 is 0 Å². The van der Waals surface area contributed by atoms with Gasteiger partial charge in [-0.3, -0.25) is 0 Å². The highest BCUT2D eigenvalue weighted by molar-refractivity contribution is 5.92. The smallest absolute Gasteiger partial charge is 0.225 e. The summed E-state index contributed by atoms with van der Waals surface area (Å²) in [6, 6.07) is 14.4. The minimum atomic E-state index is 0.215. The quantitative estimate of drug-likeness (QED) is 0.434. The van der Waals surface area contributed by atoms with E-state index in [2.05, 4.69) is 60.9 Å². The molecule has 8 heteroatoms. The maximum absolute atomic E-state index is 5.51. The summed E-state index contributed by atoms with van der Waals surface area (Å²) in [5, 5.41) is 0.946. The predicted octanol–water partition coefficient (Wildman–Crippen LogP) is 3.74. The molecule has 1 saturated heterocycles. The van der Waals surface area contributed by atoms with Crippen molar-refractivity contribution in [2.75, 3.05) is 43.7 Å². The highest BCUT2D eigenvalue weighted by atomic mass is 16.5. The number of rotatable bonds is 6. The summed E-state index contributed by atoms with van der Waals surface area (Å²) < 4.78 is 10.9. The Balaban J connectivity index is 1.33. The topological polar surface area (TPSA) is 76.5 Å². The number of benzene rings is 2. The first-order valence-electron chi connectivity index (χ1n) is 11.4. The molecular formula is C26H28N6O2. The first-order valence-corrected chi connectivity index (χ1v) is 11.4. The van der Waals surface area contributed by atoms with Gasteiger partial charge in [0.25, 0.3) is 0 Å². The summed E-state index contributed by atoms with van der Waals surface area (Å²) in [6.07, 6.45) is 6.31. The minimum Gasteiger partial charge on any atom is -0.493 e. The van der Waals surface area contributed by atoms with Gasteiger partial charge in [0, 0.05) is 55.9 Å². The lowest BCUT2D eigenvalue weighted by atomic mass is 10.1. The maximum atomic E-state index is 5.51. The first kappa shape index (κ1) is 21.9. The van der Waals surface area contributed by atoms with E-state index in [1.807, 2.05) is 30.6 Å². The maximum Gasteiger partial charge on any atom is 0.225 e. The van der Waals surface area contributed by atoms with Gasteiger partial charge in [-0.15, -0.1) is 0 Å². The van der Waals surface area contributed by atoms with Crippen LogP contribution in [0.25, 0.3) is 10.9 Å². The fraction of sp³-hybridized carbons (Fsp3) is 0.308. The van der Waals surface area contributed by atoms with Crippen LogP contribution < -0.4 is 19.3 Å². The second-order valence-corrected chi connectivity index (χ2v) is 8.46. The van der Waals surface area contributed by atoms with E-state index in [9.17, 15) is 0 Å². The molecule has 0 saturated carbocycles. The van der Waals surface area contributed by atoms with E-state index in [4.69, 9.17) is 9.47 Å². The molecule has 0 N–H and O–H groups in total. The molecule has 34 heavy (non-hydrogen) atoms. The number of ether oxygens (including phenoxy) is 2. The summed E-state index contributed by atoms with van der Waals surface area (Å²) in [6.45, 7) is 4.61. The molecule has 2 aromatic heterocycles. The van der Waals surface area contributed by atoms with Gasteiger partial charge in [-0.05, 0) is 24.1 Å². The number of methoxy groups -OCH3 is 2. The lowest BCUT2D eigenvalue weighted by Crippen LogP contribution is -2.53. The monoisotopic (exact) mass is 456 g/mol. The average Bonchev–Trinajstić information content (AvgIpc) is 2.88. The zero-order chi connectivity index (χ0) is 23.5. The Bertz CT molecular complexity index is 1270. The number of fused-ring (bicyclic) bond motifs is 1. The zero-order valence-electron chi connectivity index (χ0n) is 19.7. The first-order chi connectivity index (χ1) is 16.7. The van der Waals surface area contributed by atoms with Crippen LogP contribution in [-0.4, -0.2) is 59.8 Å². The predicted molar refractivity (Wildman–Crippen MR) is 133 cm³/mol. The van der Waals surface area contributed by atoms with Crippen LogP contribution in [0.2, 0.25) is 0 Å². The molecule has 2 aromatic carbocycles. The summed E-state index contributed by atoms with van der Waals surface area (Å²) in [5.74, 6) is 2.99. The second-order valence-electron chi connectivity index (χ2n) is 8.46. The van der Waals surface area contributed by atoms with Gasteiger partial charge in [-0.1, -0.05) is 30.3 Å². The molecule has 1 aliphatic heterocycles. The van der Waals surface area contributed by atoms with Crippen molar-refractivity contribution in [2.24, 2.45) is 0 Å². The SMILES string of the molecule is COc1cc2ncnc(N3CCN(c4ncc(Cc5ccccc5)cn4)CC3C)c2cc1OC. The van der Waals surface area contributed by atoms with Crippen molar-refractivity contribution in [2.45, 2.75) is 19.4 Å². The van der Waals surface area contributed by atoms with E-state index < -0.39 is 0 Å². The molecule has 5 rings (SSSR count). The van der Waals surface area contributed by atoms with Crippen LogP contribution in [0, 0.1) is 0 Å². The molecule has 0 aliphatic carbocycles. The lowest BCUT2D eigenvalue weighted by molar-refractivity contribution is 0.355. The summed E-state index contributed by atoms with van der Waals surface area (Å²) >= 11 is 0. The van der Waals surface area contributed by atoms with Crippen LogP contribution in [0.5, 0.6) is 11.5 Å². The average molecular weight is 457 g/mol. The number of piperazine rings is 1. The Labute approximate surface area is 199 Å². The molecule has 1 aliphatic rings. The van der Waals surface area contributed by atoms with Gasteiger partial charge in [-0.25, -0.2) is 19.9 Å². The molecule has 3 heterocycles. The molecule has 0 bridgehead atoms. The van der Waals surface area contributed by atoms with Crippen molar-refractivity contribution in [1.82, 2.24) is 19.9 Å². The Morgan fingerprint density at radius 2 is 1.62 bits per heavy atom. The Morgan fingerprint density at radius 3 is 2.32 bits per heavy atom. The number of aromatic nitrogens is 4. The third-order valence-corrected chi connectivity index (χ3v) is 6.24. The summed E-state index contributed by atoms with van der Waals surface area (Å²) in [5.41, 5.74) is 3.19. The lowest BCUT2D eigenvalue weighted by Gasteiger charge is -2.40.